The summed E-state index contributed by atoms with van der Waals surface area (Å²) in [6.45, 7) is -0.701. The van der Waals surface area contributed by atoms with Gasteiger partial charge in [0, 0.05) is 0 Å². The fourth-order valence-electron chi connectivity index (χ4n) is 1.67. The molecule has 0 aromatic carbocycles. The minimum absolute atomic E-state index is 0.127. The summed E-state index contributed by atoms with van der Waals surface area (Å²) >= 11 is 0. The van der Waals surface area contributed by atoms with Gasteiger partial charge in [0.1, 0.15) is 6.10 Å². The van der Waals surface area contributed by atoms with Crippen LogP contribution in [-0.2, 0) is 47.6 Å². The third-order valence-electron chi connectivity index (χ3n) is 2.41. The number of ether oxygens (including phenoxy) is 3. The van der Waals surface area contributed by atoms with Gasteiger partial charge in [-0.25, -0.2) is 4.79 Å². The van der Waals surface area contributed by atoms with Crippen molar-refractivity contribution in [3.8, 4) is 0 Å². The fourth-order valence-corrected chi connectivity index (χ4v) is 2.66. The third kappa shape index (κ3) is 5.12. The normalized spacial score (nSPS) is 20.7. The molecule has 0 spiro atoms. The van der Waals surface area contributed by atoms with E-state index in [0.29, 0.717) is 0 Å². The molecule has 0 aliphatic carbocycles. The quantitative estimate of drug-likeness (QED) is 0.381. The van der Waals surface area contributed by atoms with Gasteiger partial charge in [-0.15, -0.1) is 0 Å². The van der Waals surface area contributed by atoms with Gasteiger partial charge in [-0.3, -0.25) is 8.37 Å². The standard InChI is InChI=1S/C10H16O10S2/c1-16-8-7(19-10(11)9(8)17-2)6(20-22(4,14)15)5-18-21(3,12)13/h6-7H,5H2,1-4H3/t6-,7-/m1/s1. The maximum absolute atomic E-state index is 11.6. The average molecular weight is 360 g/mol. The Morgan fingerprint density at radius 2 is 1.68 bits per heavy atom. The first kappa shape index (κ1) is 18.7. The molecule has 1 rings (SSSR count). The number of esters is 1. The van der Waals surface area contributed by atoms with E-state index in [0.717, 1.165) is 12.5 Å². The summed E-state index contributed by atoms with van der Waals surface area (Å²) in [6, 6.07) is 0. The summed E-state index contributed by atoms with van der Waals surface area (Å²) in [7, 11) is -5.45. The minimum atomic E-state index is -3.99. The van der Waals surface area contributed by atoms with E-state index in [1.54, 1.807) is 0 Å². The highest BCUT2D eigenvalue weighted by Crippen LogP contribution is 2.28. The second-order valence-corrected chi connectivity index (χ2v) is 7.50. The Morgan fingerprint density at radius 1 is 1.09 bits per heavy atom. The van der Waals surface area contributed by atoms with Crippen LogP contribution in [0.2, 0.25) is 0 Å². The van der Waals surface area contributed by atoms with Gasteiger partial charge >= 0.3 is 5.97 Å². The number of carbonyl (C=O) groups excluding carboxylic acids is 1. The molecule has 128 valence electrons. The van der Waals surface area contributed by atoms with Gasteiger partial charge in [0.15, 0.2) is 11.9 Å². The number of rotatable bonds is 8. The first-order valence-corrected chi connectivity index (χ1v) is 9.37. The van der Waals surface area contributed by atoms with Crippen LogP contribution in [0.5, 0.6) is 0 Å². The number of methoxy groups -OCH3 is 2. The summed E-state index contributed by atoms with van der Waals surface area (Å²) < 4.78 is 68.6. The minimum Gasteiger partial charge on any atom is -0.493 e. The van der Waals surface area contributed by atoms with Gasteiger partial charge < -0.3 is 14.2 Å². The van der Waals surface area contributed by atoms with Gasteiger partial charge in [0.05, 0.1) is 33.3 Å². The maximum Gasteiger partial charge on any atom is 0.378 e. The first-order valence-electron chi connectivity index (χ1n) is 5.74. The van der Waals surface area contributed by atoms with Crippen LogP contribution in [0.4, 0.5) is 0 Å². The Kier molecular flexibility index (Phi) is 5.78. The van der Waals surface area contributed by atoms with Crippen molar-refractivity contribution in [3.63, 3.8) is 0 Å². The van der Waals surface area contributed by atoms with E-state index >= 15 is 0 Å². The van der Waals surface area contributed by atoms with E-state index in [2.05, 4.69) is 4.18 Å². The molecular weight excluding hydrogens is 344 g/mol. The predicted octanol–water partition coefficient (Wildman–Crippen LogP) is -1.26. The zero-order valence-corrected chi connectivity index (χ0v) is 13.9. The molecule has 0 aromatic heterocycles. The van der Waals surface area contributed by atoms with Gasteiger partial charge in [-0.2, -0.15) is 16.8 Å². The Morgan fingerprint density at radius 3 is 2.09 bits per heavy atom. The molecule has 0 aromatic rings. The van der Waals surface area contributed by atoms with Gasteiger partial charge in [0.25, 0.3) is 20.2 Å². The van der Waals surface area contributed by atoms with Crippen molar-refractivity contribution >= 4 is 26.2 Å². The molecule has 0 bridgehead atoms. The lowest BCUT2D eigenvalue weighted by Gasteiger charge is -2.22. The van der Waals surface area contributed by atoms with Crippen LogP contribution in [0.15, 0.2) is 11.5 Å². The molecule has 0 amide bonds. The zero-order chi connectivity index (χ0) is 17.1. The lowest BCUT2D eigenvalue weighted by atomic mass is 10.2. The van der Waals surface area contributed by atoms with Gasteiger partial charge in [-0.05, 0) is 0 Å². The SMILES string of the molecule is COC1=C(OC)[C@@H]([C@@H](COS(C)(=O)=O)OS(C)(=O)=O)OC1=O. The number of hydrogen-bond acceptors (Lipinski definition) is 10. The highest BCUT2D eigenvalue weighted by molar-refractivity contribution is 7.86. The third-order valence-corrected chi connectivity index (χ3v) is 3.57. The second-order valence-electron chi connectivity index (χ2n) is 4.25. The van der Waals surface area contributed by atoms with Crippen LogP contribution >= 0.6 is 0 Å². The van der Waals surface area contributed by atoms with E-state index in [1.807, 2.05) is 0 Å². The van der Waals surface area contributed by atoms with Crippen LogP contribution in [0.1, 0.15) is 0 Å². The second kappa shape index (κ2) is 6.81. The van der Waals surface area contributed by atoms with Crippen LogP contribution < -0.4 is 0 Å². The summed E-state index contributed by atoms with van der Waals surface area (Å²) in [6.07, 6.45) is -1.26. The summed E-state index contributed by atoms with van der Waals surface area (Å²) in [5.41, 5.74) is 0. The van der Waals surface area contributed by atoms with Crippen molar-refractivity contribution in [2.45, 2.75) is 12.2 Å². The van der Waals surface area contributed by atoms with E-state index < -0.39 is 45.0 Å². The van der Waals surface area contributed by atoms with E-state index in [4.69, 9.17) is 18.4 Å². The molecule has 12 heteroatoms. The molecule has 1 heterocycles. The van der Waals surface area contributed by atoms with E-state index in [9.17, 15) is 21.6 Å². The topological polar surface area (TPSA) is 132 Å². The van der Waals surface area contributed by atoms with Crippen LogP contribution in [0, 0.1) is 0 Å². The van der Waals surface area contributed by atoms with Gasteiger partial charge in [-0.1, -0.05) is 0 Å². The van der Waals surface area contributed by atoms with E-state index in [1.165, 1.54) is 14.2 Å². The highest BCUT2D eigenvalue weighted by Gasteiger charge is 2.44. The molecular formula is C10H16O10S2. The van der Waals surface area contributed by atoms with Crippen molar-refractivity contribution in [1.82, 2.24) is 0 Å². The number of hydrogen-bond donors (Lipinski definition) is 0. The molecule has 0 saturated heterocycles. The molecule has 2 atom stereocenters. The lowest BCUT2D eigenvalue weighted by Crippen LogP contribution is -2.38. The van der Waals surface area contributed by atoms with Crippen molar-refractivity contribution in [1.29, 1.82) is 0 Å². The largest absolute Gasteiger partial charge is 0.493 e. The summed E-state index contributed by atoms with van der Waals surface area (Å²) in [4.78, 5) is 11.6. The van der Waals surface area contributed by atoms with E-state index in [-0.39, 0.29) is 11.5 Å². The van der Waals surface area contributed by atoms with Crippen molar-refractivity contribution < 1.29 is 44.2 Å². The monoisotopic (exact) mass is 360 g/mol. The van der Waals surface area contributed by atoms with Crippen LogP contribution in [-0.4, -0.2) is 68.4 Å². The molecule has 0 unspecified atom stereocenters. The molecule has 1 aliphatic heterocycles. The van der Waals surface area contributed by atoms with Crippen molar-refractivity contribution in [2.75, 3.05) is 33.3 Å². The zero-order valence-electron chi connectivity index (χ0n) is 12.3. The smallest absolute Gasteiger partial charge is 0.378 e. The maximum atomic E-state index is 11.6. The van der Waals surface area contributed by atoms with Crippen LogP contribution in [0.25, 0.3) is 0 Å². The molecule has 22 heavy (non-hydrogen) atoms. The molecule has 10 nitrogen and oxygen atoms in total. The Labute approximate surface area is 128 Å². The summed E-state index contributed by atoms with van der Waals surface area (Å²) in [5.74, 6) is -1.29. The molecule has 0 fully saturated rings. The first-order chi connectivity index (χ1) is 9.98. The molecule has 0 radical (unpaired) electrons. The molecule has 0 N–H and O–H groups in total. The molecule has 0 saturated carbocycles. The van der Waals surface area contributed by atoms with Crippen molar-refractivity contribution in [3.05, 3.63) is 11.5 Å². The lowest BCUT2D eigenvalue weighted by molar-refractivity contribution is -0.146. The average Bonchev–Trinajstić information content (AvgIpc) is 2.68. The summed E-state index contributed by atoms with van der Waals surface area (Å²) in [5, 5.41) is 0. The van der Waals surface area contributed by atoms with Gasteiger partial charge in [0.2, 0.25) is 5.76 Å². The van der Waals surface area contributed by atoms with Crippen LogP contribution in [0.3, 0.4) is 0 Å². The number of cyclic esters (lactones) is 1. The predicted molar refractivity (Wildman–Crippen MR) is 71.4 cm³/mol. The Hall–Kier alpha value is -1.37. The van der Waals surface area contributed by atoms with Crippen molar-refractivity contribution in [2.24, 2.45) is 0 Å². The Bertz CT molecular complexity index is 660. The Balaban J connectivity index is 3.10. The number of carbonyl (C=O) groups is 1. The highest BCUT2D eigenvalue weighted by atomic mass is 32.2. The molecule has 1 aliphatic rings. The fraction of sp³-hybridized carbons (Fsp3) is 0.700.